The van der Waals surface area contributed by atoms with Gasteiger partial charge in [0.05, 0.1) is 18.3 Å². The maximum absolute atomic E-state index is 10.6. The van der Waals surface area contributed by atoms with Crippen LogP contribution in [0.15, 0.2) is 0 Å². The van der Waals surface area contributed by atoms with Crippen LogP contribution in [0.3, 0.4) is 0 Å². The second-order valence-electron chi connectivity index (χ2n) is 11.5. The fourth-order valence-electron chi connectivity index (χ4n) is 8.58. The van der Waals surface area contributed by atoms with E-state index in [-0.39, 0.29) is 5.41 Å². The van der Waals surface area contributed by atoms with Gasteiger partial charge in [-0.1, -0.05) is 26.2 Å². The number of rotatable bonds is 3. The third-order valence-electron chi connectivity index (χ3n) is 10.2. The van der Waals surface area contributed by atoms with E-state index < -0.39 is 12.2 Å². The van der Waals surface area contributed by atoms with Crippen molar-refractivity contribution >= 4 is 0 Å². The van der Waals surface area contributed by atoms with Gasteiger partial charge in [-0.05, 0) is 105 Å². The largest absolute Gasteiger partial charge is 0.390 e. The van der Waals surface area contributed by atoms with Gasteiger partial charge in [0.2, 0.25) is 0 Å². The Morgan fingerprint density at radius 2 is 1.61 bits per heavy atom. The second-order valence-corrected chi connectivity index (χ2v) is 11.5. The molecule has 0 aromatic heterocycles. The summed E-state index contributed by atoms with van der Waals surface area (Å²) in [6, 6.07) is 0. The van der Waals surface area contributed by atoms with Crippen molar-refractivity contribution in [2.24, 2.45) is 40.9 Å². The summed E-state index contributed by atoms with van der Waals surface area (Å²) in [5.74, 6) is 4.70. The molecule has 2 N–H and O–H groups in total. The number of aliphatic hydroxyl groups is 2. The summed E-state index contributed by atoms with van der Waals surface area (Å²) in [4.78, 5) is 0. The van der Waals surface area contributed by atoms with Crippen molar-refractivity contribution in [3.05, 3.63) is 0 Å². The Hall–Kier alpha value is -0.120. The molecule has 9 atom stereocenters. The molecule has 0 radical (unpaired) electrons. The van der Waals surface area contributed by atoms with E-state index in [4.69, 9.17) is 4.74 Å². The van der Waals surface area contributed by atoms with Crippen LogP contribution in [0, 0.1) is 40.9 Å². The van der Waals surface area contributed by atoms with Crippen LogP contribution in [0.1, 0.15) is 90.4 Å². The van der Waals surface area contributed by atoms with E-state index in [1.165, 1.54) is 70.6 Å². The minimum Gasteiger partial charge on any atom is -0.390 e. The van der Waals surface area contributed by atoms with Crippen LogP contribution in [0.25, 0.3) is 0 Å². The maximum atomic E-state index is 10.6. The summed E-state index contributed by atoms with van der Waals surface area (Å²) in [6.45, 7) is 3.28. The van der Waals surface area contributed by atoms with E-state index in [0.717, 1.165) is 49.0 Å². The Balaban J connectivity index is 1.19. The van der Waals surface area contributed by atoms with Crippen LogP contribution >= 0.6 is 0 Å². The molecule has 5 aliphatic rings. The molecule has 160 valence electrons. The lowest BCUT2D eigenvalue weighted by Crippen LogP contribution is -2.50. The average Bonchev–Trinajstić information content (AvgIpc) is 2.96. The zero-order valence-corrected chi connectivity index (χ0v) is 17.9. The van der Waals surface area contributed by atoms with Gasteiger partial charge in [0.25, 0.3) is 0 Å². The number of aliphatic hydroxyl groups excluding tert-OH is 2. The smallest absolute Gasteiger partial charge is 0.0855 e. The molecule has 0 aromatic carbocycles. The van der Waals surface area contributed by atoms with Crippen molar-refractivity contribution in [3.8, 4) is 0 Å². The van der Waals surface area contributed by atoms with Crippen LogP contribution < -0.4 is 0 Å². The van der Waals surface area contributed by atoms with Gasteiger partial charge >= 0.3 is 0 Å². The molecule has 5 saturated carbocycles. The highest BCUT2D eigenvalue weighted by atomic mass is 16.5. The van der Waals surface area contributed by atoms with Crippen molar-refractivity contribution in [2.75, 3.05) is 6.61 Å². The van der Waals surface area contributed by atoms with E-state index in [0.29, 0.717) is 12.0 Å². The Morgan fingerprint density at radius 1 is 0.821 bits per heavy atom. The Kier molecular flexibility index (Phi) is 5.56. The first-order chi connectivity index (χ1) is 13.6. The number of ether oxygens (including phenoxy) is 1. The molecule has 7 unspecified atom stereocenters. The molecule has 0 amide bonds. The summed E-state index contributed by atoms with van der Waals surface area (Å²) < 4.78 is 6.45. The monoisotopic (exact) mass is 390 g/mol. The zero-order chi connectivity index (χ0) is 19.3. The normalized spacial score (nSPS) is 52.0. The van der Waals surface area contributed by atoms with E-state index in [9.17, 15) is 10.2 Å². The van der Waals surface area contributed by atoms with Crippen LogP contribution in [-0.2, 0) is 4.74 Å². The third-order valence-corrected chi connectivity index (χ3v) is 10.2. The summed E-state index contributed by atoms with van der Waals surface area (Å²) in [5.41, 5.74) is -0.0340. The Morgan fingerprint density at radius 3 is 2.43 bits per heavy atom. The zero-order valence-electron chi connectivity index (χ0n) is 17.9. The van der Waals surface area contributed by atoms with Gasteiger partial charge in [0.15, 0.2) is 0 Å². The lowest BCUT2D eigenvalue weighted by Gasteiger charge is -2.55. The fraction of sp³-hybridized carbons (Fsp3) is 1.00. The minimum absolute atomic E-state index is 0.0340. The minimum atomic E-state index is -0.500. The number of hydrogen-bond donors (Lipinski definition) is 2. The molecule has 0 aliphatic heterocycles. The summed E-state index contributed by atoms with van der Waals surface area (Å²) in [5, 5.41) is 21.0. The van der Waals surface area contributed by atoms with Crippen LogP contribution in [-0.4, -0.2) is 35.1 Å². The van der Waals surface area contributed by atoms with Crippen molar-refractivity contribution < 1.29 is 14.9 Å². The standard InChI is InChI=1S/C25H42O3/c1-25-12-11-20-19-10-8-18(28-15-16-5-3-2-4-6-16)13-17(19)7-9-21(20)22(25)14-23(26)24(25)27/h16-24,26-27H,2-15H2,1H3/t17?,18?,19?,20?,21?,22?,23-,24+,25?/m1/s1. The SMILES string of the molecule is CC12CCC3C4CCC(OCC5CCCCC5)CC4CCC3C1C[C@@H](O)[C@@H]2O. The molecular formula is C25H42O3. The van der Waals surface area contributed by atoms with E-state index in [1.807, 2.05) is 0 Å². The van der Waals surface area contributed by atoms with Gasteiger partial charge in [-0.25, -0.2) is 0 Å². The quantitative estimate of drug-likeness (QED) is 0.718. The van der Waals surface area contributed by atoms with Crippen molar-refractivity contribution in [1.82, 2.24) is 0 Å². The highest BCUT2D eigenvalue weighted by molar-refractivity contribution is 5.08. The first-order valence-electron chi connectivity index (χ1n) is 12.5. The Labute approximate surface area is 171 Å². The van der Waals surface area contributed by atoms with Gasteiger partial charge in [0, 0.05) is 6.61 Å². The lowest BCUT2D eigenvalue weighted by atomic mass is 9.50. The van der Waals surface area contributed by atoms with Crippen molar-refractivity contribution in [1.29, 1.82) is 0 Å². The van der Waals surface area contributed by atoms with Gasteiger partial charge in [-0.15, -0.1) is 0 Å². The van der Waals surface area contributed by atoms with Crippen molar-refractivity contribution in [3.63, 3.8) is 0 Å². The highest BCUT2D eigenvalue weighted by Gasteiger charge is 2.59. The molecule has 0 bridgehead atoms. The summed E-state index contributed by atoms with van der Waals surface area (Å²) in [6.07, 6.45) is 16.4. The van der Waals surface area contributed by atoms with Crippen LogP contribution in [0.5, 0.6) is 0 Å². The van der Waals surface area contributed by atoms with Crippen LogP contribution in [0.4, 0.5) is 0 Å². The number of fused-ring (bicyclic) bond motifs is 5. The topological polar surface area (TPSA) is 49.7 Å². The average molecular weight is 391 g/mol. The maximum Gasteiger partial charge on any atom is 0.0855 e. The third kappa shape index (κ3) is 3.38. The molecule has 0 saturated heterocycles. The van der Waals surface area contributed by atoms with Gasteiger partial charge < -0.3 is 14.9 Å². The van der Waals surface area contributed by atoms with Gasteiger partial charge in [0.1, 0.15) is 0 Å². The fourth-order valence-corrected chi connectivity index (χ4v) is 8.58. The van der Waals surface area contributed by atoms with Gasteiger partial charge in [-0.2, -0.15) is 0 Å². The van der Waals surface area contributed by atoms with E-state index >= 15 is 0 Å². The molecular weight excluding hydrogens is 348 g/mol. The lowest BCUT2D eigenvalue weighted by molar-refractivity contribution is -0.106. The van der Waals surface area contributed by atoms with E-state index in [1.54, 1.807) is 0 Å². The van der Waals surface area contributed by atoms with Crippen LogP contribution in [0.2, 0.25) is 0 Å². The predicted octanol–water partition coefficient (Wildman–Crippen LogP) is 4.94. The van der Waals surface area contributed by atoms with Gasteiger partial charge in [-0.3, -0.25) is 0 Å². The number of hydrogen-bond acceptors (Lipinski definition) is 3. The molecule has 5 fully saturated rings. The molecule has 3 heteroatoms. The molecule has 5 rings (SSSR count). The molecule has 0 spiro atoms. The highest BCUT2D eigenvalue weighted by Crippen LogP contribution is 2.62. The molecule has 0 aromatic rings. The summed E-state index contributed by atoms with van der Waals surface area (Å²) in [7, 11) is 0. The predicted molar refractivity (Wildman–Crippen MR) is 111 cm³/mol. The summed E-state index contributed by atoms with van der Waals surface area (Å²) >= 11 is 0. The molecule has 28 heavy (non-hydrogen) atoms. The molecule has 3 nitrogen and oxygen atoms in total. The second kappa shape index (κ2) is 7.85. The molecule has 5 aliphatic carbocycles. The Bertz CT molecular complexity index is 544. The first-order valence-corrected chi connectivity index (χ1v) is 12.5. The molecule has 0 heterocycles. The van der Waals surface area contributed by atoms with Crippen molar-refractivity contribution in [2.45, 2.75) is 109 Å². The van der Waals surface area contributed by atoms with E-state index in [2.05, 4.69) is 6.92 Å². The first kappa shape index (κ1) is 19.8.